The van der Waals surface area contributed by atoms with E-state index in [9.17, 15) is 9.59 Å². The van der Waals surface area contributed by atoms with E-state index in [1.807, 2.05) is 91.2 Å². The number of nitrogens with two attached hydrogens (primary N) is 1. The second-order valence-electron chi connectivity index (χ2n) is 12.5. The van der Waals surface area contributed by atoms with Crippen LogP contribution in [0.1, 0.15) is 47.3 Å². The minimum Gasteiger partial charge on any atom is -0.485 e. The Morgan fingerprint density at radius 1 is 0.736 bits per heavy atom. The van der Waals surface area contributed by atoms with E-state index in [0.29, 0.717) is 34.4 Å². The van der Waals surface area contributed by atoms with Gasteiger partial charge in [-0.15, -0.1) is 24.0 Å². The van der Waals surface area contributed by atoms with Crippen LogP contribution in [0.5, 0.6) is 11.5 Å². The smallest absolute Gasteiger partial charge is 0.261 e. The molecule has 0 fully saturated rings. The number of nitrogens with zero attached hydrogens (tertiary/aromatic N) is 4. The number of amides is 2. The van der Waals surface area contributed by atoms with Gasteiger partial charge in [0, 0.05) is 57.1 Å². The number of carbonyl (C=O) groups is 2. The fraction of sp³-hybridized carbons (Fsp3) is 0.243. The fourth-order valence-corrected chi connectivity index (χ4v) is 8.46. The number of rotatable bonds is 2. The Morgan fingerprint density at radius 3 is 1.53 bits per heavy atom. The molecule has 8 rings (SSSR count). The largest absolute Gasteiger partial charge is 0.485 e. The zero-order valence-electron chi connectivity index (χ0n) is 28.7. The topological polar surface area (TPSA) is 145 Å². The Kier molecular flexibility index (Phi) is 12.5. The maximum Gasteiger partial charge on any atom is 0.261 e. The molecular formula is C37H35Br2Cl2IN6O4S. The third-order valence-electron chi connectivity index (χ3n) is 9.48. The minimum absolute atomic E-state index is 0. The van der Waals surface area contributed by atoms with E-state index < -0.39 is 11.1 Å². The quantitative estimate of drug-likeness (QED) is 0.191. The summed E-state index contributed by atoms with van der Waals surface area (Å²) in [5.74, 6) is 1.37. The summed E-state index contributed by atoms with van der Waals surface area (Å²) in [4.78, 5) is 38.8. The van der Waals surface area contributed by atoms with Crippen LogP contribution in [0, 0.1) is 0 Å². The van der Waals surface area contributed by atoms with Gasteiger partial charge in [-0.3, -0.25) is 19.4 Å². The highest BCUT2D eigenvalue weighted by Crippen LogP contribution is 2.52. The lowest BCUT2D eigenvalue weighted by Crippen LogP contribution is -2.43. The predicted octanol–water partition coefficient (Wildman–Crippen LogP) is 9.40. The van der Waals surface area contributed by atoms with Crippen LogP contribution in [0.25, 0.3) is 0 Å². The standard InChI is InChI=1S/C19H16BrClN2O2S.C18H15BrClN3O2.HI.H3N/c1-23-17(24)19(22-18(23)26-2)10-16(11-3-6-13(21)7-4-11)25-15-8-5-12(20)9-14(15)19;1-23-16(24)18(22-17(23)21)9-15(10-2-5-12(20)6-3-10)25-14-7-4-11(19)8-13(14)18;;/h3-9,16H,10H2,1-2H3;2-8,15H,9H2,1H3,(H2,21,22);1H;1H3. The van der Waals surface area contributed by atoms with Gasteiger partial charge in [0.05, 0.1) is 0 Å². The van der Waals surface area contributed by atoms with Crippen molar-refractivity contribution < 1.29 is 19.1 Å². The second kappa shape index (κ2) is 16.1. The molecule has 4 aromatic rings. The third kappa shape index (κ3) is 7.44. The fourth-order valence-electron chi connectivity index (χ4n) is 6.88. The molecule has 278 valence electrons. The molecule has 10 nitrogen and oxygen atoms in total. The first-order valence-corrected chi connectivity index (χ1v) is 19.4. The Morgan fingerprint density at radius 2 is 1.15 bits per heavy atom. The van der Waals surface area contributed by atoms with Gasteiger partial charge in [0.15, 0.2) is 22.2 Å². The van der Waals surface area contributed by atoms with Crippen LogP contribution >= 0.6 is 90.8 Å². The molecule has 0 saturated carbocycles. The number of thioether (sulfide) groups is 1. The molecule has 0 aliphatic carbocycles. The van der Waals surface area contributed by atoms with Crippen LogP contribution in [0.15, 0.2) is 104 Å². The first-order valence-electron chi connectivity index (χ1n) is 15.8. The maximum absolute atomic E-state index is 13.3. The predicted molar refractivity (Wildman–Crippen MR) is 229 cm³/mol. The molecule has 0 saturated heterocycles. The Balaban J connectivity index is 0.000000197. The third-order valence-corrected chi connectivity index (χ3v) is 11.7. The molecular weight excluding hydrogens is 982 g/mol. The molecule has 16 heteroatoms. The van der Waals surface area contributed by atoms with Crippen LogP contribution in [-0.2, 0) is 20.7 Å². The zero-order chi connectivity index (χ0) is 36.2. The Hall–Kier alpha value is -2.86. The van der Waals surface area contributed by atoms with Gasteiger partial charge in [-0.2, -0.15) is 0 Å². The van der Waals surface area contributed by atoms with Gasteiger partial charge in [0.25, 0.3) is 11.8 Å². The van der Waals surface area contributed by atoms with E-state index in [1.54, 1.807) is 19.0 Å². The molecule has 4 heterocycles. The first-order chi connectivity index (χ1) is 24.3. The normalized spacial score (nSPS) is 23.8. The van der Waals surface area contributed by atoms with Gasteiger partial charge < -0.3 is 21.4 Å². The average molecular weight is 1020 g/mol. The lowest BCUT2D eigenvalue weighted by molar-refractivity contribution is -0.133. The molecule has 53 heavy (non-hydrogen) atoms. The van der Waals surface area contributed by atoms with Crippen molar-refractivity contribution >= 4 is 114 Å². The van der Waals surface area contributed by atoms with Crippen molar-refractivity contribution in [3.63, 3.8) is 0 Å². The Labute approximate surface area is 355 Å². The molecule has 4 unspecified atom stereocenters. The number of carbonyl (C=O) groups excluding carboxylic acids is 2. The van der Waals surface area contributed by atoms with Crippen molar-refractivity contribution in [1.29, 1.82) is 0 Å². The highest BCUT2D eigenvalue weighted by Gasteiger charge is 2.55. The SMILES string of the molecule is CN1C(=O)C2(CC(c3ccc(Cl)cc3)Oc3ccc(Br)cc32)N=C1N.CSC1=NC2(CC(c3ccc(Cl)cc3)Oc3ccc(Br)cc32)C(=O)N1C.I.N. The molecule has 4 aromatic carbocycles. The lowest BCUT2D eigenvalue weighted by Gasteiger charge is -2.37. The van der Waals surface area contributed by atoms with Crippen molar-refractivity contribution in [2.24, 2.45) is 15.7 Å². The summed E-state index contributed by atoms with van der Waals surface area (Å²) in [7, 11) is 3.41. The number of benzene rings is 4. The number of fused-ring (bicyclic) bond motifs is 4. The molecule has 4 aliphatic heterocycles. The van der Waals surface area contributed by atoms with E-state index >= 15 is 0 Å². The molecule has 4 aliphatic rings. The minimum atomic E-state index is -1.07. The maximum atomic E-state index is 13.3. The molecule has 0 radical (unpaired) electrons. The lowest BCUT2D eigenvalue weighted by atomic mass is 9.80. The highest BCUT2D eigenvalue weighted by atomic mass is 127. The number of hydrogen-bond acceptors (Lipinski definition) is 9. The number of aliphatic imine (C=N–C) groups is 2. The molecule has 5 N–H and O–H groups in total. The van der Waals surface area contributed by atoms with E-state index in [4.69, 9.17) is 43.4 Å². The van der Waals surface area contributed by atoms with Crippen molar-refractivity contribution in [3.8, 4) is 11.5 Å². The van der Waals surface area contributed by atoms with Gasteiger partial charge in [-0.25, -0.2) is 9.98 Å². The molecule has 0 aromatic heterocycles. The highest BCUT2D eigenvalue weighted by molar-refractivity contribution is 14.0. The summed E-state index contributed by atoms with van der Waals surface area (Å²) >= 11 is 20.5. The van der Waals surface area contributed by atoms with Gasteiger partial charge in [0.2, 0.25) is 0 Å². The van der Waals surface area contributed by atoms with Crippen molar-refractivity contribution in [2.75, 3.05) is 20.4 Å². The summed E-state index contributed by atoms with van der Waals surface area (Å²) < 4.78 is 14.2. The summed E-state index contributed by atoms with van der Waals surface area (Å²) in [5.41, 5.74) is 7.37. The van der Waals surface area contributed by atoms with E-state index in [2.05, 4.69) is 36.9 Å². The number of ether oxygens (including phenoxy) is 2. The second-order valence-corrected chi connectivity index (χ2v) is 16.0. The summed E-state index contributed by atoms with van der Waals surface area (Å²) in [5, 5.41) is 2.04. The number of hydrogen-bond donors (Lipinski definition) is 2. The van der Waals surface area contributed by atoms with Crippen LogP contribution in [0.2, 0.25) is 10.0 Å². The van der Waals surface area contributed by atoms with E-state index in [0.717, 1.165) is 36.4 Å². The van der Waals surface area contributed by atoms with Crippen molar-refractivity contribution in [3.05, 3.63) is 126 Å². The molecule has 2 spiro atoms. The summed E-state index contributed by atoms with van der Waals surface area (Å²) in [6, 6.07) is 26.3. The number of likely N-dealkylation sites (N-methyl/N-ethyl adjacent to an activating group) is 2. The number of guanidine groups is 1. The van der Waals surface area contributed by atoms with E-state index in [1.165, 1.54) is 16.7 Å². The summed E-state index contributed by atoms with van der Waals surface area (Å²) in [6.07, 6.45) is 2.16. The molecule has 2 amide bonds. The molecule has 4 atom stereocenters. The number of halogens is 5. The van der Waals surface area contributed by atoms with Crippen LogP contribution < -0.4 is 21.4 Å². The van der Waals surface area contributed by atoms with Gasteiger partial charge in [-0.1, -0.05) is 91.1 Å². The Bertz CT molecular complexity index is 2130. The van der Waals surface area contributed by atoms with Crippen LogP contribution in [0.3, 0.4) is 0 Å². The van der Waals surface area contributed by atoms with Gasteiger partial charge in [-0.05, 0) is 78.0 Å². The van der Waals surface area contributed by atoms with Crippen molar-refractivity contribution in [1.82, 2.24) is 16.0 Å². The molecule has 0 bridgehead atoms. The van der Waals surface area contributed by atoms with Gasteiger partial charge >= 0.3 is 0 Å². The van der Waals surface area contributed by atoms with Gasteiger partial charge in [0.1, 0.15) is 23.7 Å². The number of amidine groups is 1. The first kappa shape index (κ1) is 41.3. The monoisotopic (exact) mass is 1010 g/mol. The average Bonchev–Trinajstić information content (AvgIpc) is 3.49. The van der Waals surface area contributed by atoms with Crippen LogP contribution in [0.4, 0.5) is 0 Å². The van der Waals surface area contributed by atoms with Crippen LogP contribution in [-0.4, -0.2) is 53.1 Å². The van der Waals surface area contributed by atoms with Crippen molar-refractivity contribution in [2.45, 2.75) is 36.1 Å². The zero-order valence-corrected chi connectivity index (χ0v) is 36.5. The van der Waals surface area contributed by atoms with E-state index in [-0.39, 0.29) is 60.1 Å². The summed E-state index contributed by atoms with van der Waals surface area (Å²) in [6.45, 7) is 0.